The monoisotopic (exact) mass is 366 g/mol. The lowest BCUT2D eigenvalue weighted by atomic mass is 9.79. The molecule has 0 aromatic heterocycles. The fourth-order valence-electron chi connectivity index (χ4n) is 2.99. The van der Waals surface area contributed by atoms with E-state index in [2.05, 4.69) is 53.7 Å². The van der Waals surface area contributed by atoms with Gasteiger partial charge in [0.05, 0.1) is 4.58 Å². The van der Waals surface area contributed by atoms with E-state index in [1.54, 1.807) is 0 Å². The van der Waals surface area contributed by atoms with Gasteiger partial charge in [0.15, 0.2) is 0 Å². The third kappa shape index (κ3) is 4.51. The van der Waals surface area contributed by atoms with Crippen LogP contribution < -0.4 is 4.74 Å². The topological polar surface area (TPSA) is 26.3 Å². The van der Waals surface area contributed by atoms with Gasteiger partial charge in [0.2, 0.25) is 0 Å². The van der Waals surface area contributed by atoms with Crippen molar-refractivity contribution < 1.29 is 9.53 Å². The van der Waals surface area contributed by atoms with Crippen LogP contribution in [0.4, 0.5) is 0 Å². The minimum absolute atomic E-state index is 0.0131. The number of rotatable bonds is 2. The zero-order valence-corrected chi connectivity index (χ0v) is 17.6. The Labute approximate surface area is 155 Å². The molecule has 1 saturated heterocycles. The van der Waals surface area contributed by atoms with Gasteiger partial charge in [-0.1, -0.05) is 53.7 Å². The first kappa shape index (κ1) is 19.7. The molecule has 0 bridgehead atoms. The molecule has 1 aliphatic heterocycles. The van der Waals surface area contributed by atoms with Crippen LogP contribution >= 0.6 is 23.5 Å². The Morgan fingerprint density at radius 2 is 1.50 bits per heavy atom. The van der Waals surface area contributed by atoms with E-state index in [1.807, 2.05) is 23.5 Å². The summed E-state index contributed by atoms with van der Waals surface area (Å²) in [4.78, 5) is 11.9. The molecule has 0 aliphatic carbocycles. The first-order valence-electron chi connectivity index (χ1n) is 8.61. The van der Waals surface area contributed by atoms with Crippen LogP contribution in [0.15, 0.2) is 12.1 Å². The van der Waals surface area contributed by atoms with Gasteiger partial charge in [0.25, 0.3) is 0 Å². The van der Waals surface area contributed by atoms with Crippen molar-refractivity contribution in [3.8, 4) is 5.75 Å². The Kier molecular flexibility index (Phi) is 6.02. The molecule has 1 aliphatic rings. The molecule has 0 N–H and O–H groups in total. The Morgan fingerprint density at radius 1 is 1.00 bits per heavy atom. The van der Waals surface area contributed by atoms with Crippen LogP contribution in [0.2, 0.25) is 0 Å². The number of hydrogen-bond acceptors (Lipinski definition) is 4. The Hall–Kier alpha value is -0.610. The Bertz CT molecular complexity index is 603. The molecule has 1 fully saturated rings. The SMILES string of the molecule is CC(=O)Oc1c(C(C)(C)C)ccc(C(C)(C)C)c1C1SCCCS1. The number of benzene rings is 1. The largest absolute Gasteiger partial charge is 0.426 e. The van der Waals surface area contributed by atoms with Gasteiger partial charge in [0.1, 0.15) is 5.75 Å². The summed E-state index contributed by atoms with van der Waals surface area (Å²) in [5, 5.41) is 0. The lowest BCUT2D eigenvalue weighted by molar-refractivity contribution is -0.132. The van der Waals surface area contributed by atoms with Crippen molar-refractivity contribution in [1.29, 1.82) is 0 Å². The van der Waals surface area contributed by atoms with Crippen LogP contribution in [0.5, 0.6) is 5.75 Å². The second kappa shape index (κ2) is 7.33. The molecule has 24 heavy (non-hydrogen) atoms. The van der Waals surface area contributed by atoms with E-state index in [1.165, 1.54) is 36.0 Å². The van der Waals surface area contributed by atoms with Crippen molar-refractivity contribution in [3.63, 3.8) is 0 Å². The fraction of sp³-hybridized carbons (Fsp3) is 0.650. The summed E-state index contributed by atoms with van der Waals surface area (Å²) in [6, 6.07) is 4.40. The molecule has 2 nitrogen and oxygen atoms in total. The maximum atomic E-state index is 11.9. The van der Waals surface area contributed by atoms with E-state index in [9.17, 15) is 4.79 Å². The Morgan fingerprint density at radius 3 is 1.96 bits per heavy atom. The highest BCUT2D eigenvalue weighted by atomic mass is 32.2. The fourth-order valence-corrected chi connectivity index (χ4v) is 5.98. The third-order valence-electron chi connectivity index (χ3n) is 4.12. The van der Waals surface area contributed by atoms with Gasteiger partial charge in [-0.15, -0.1) is 23.5 Å². The van der Waals surface area contributed by atoms with Crippen LogP contribution in [0.1, 0.15) is 76.2 Å². The summed E-state index contributed by atoms with van der Waals surface area (Å²) in [6.07, 6.45) is 1.25. The first-order chi connectivity index (χ1) is 11.0. The quantitative estimate of drug-likeness (QED) is 0.468. The summed E-state index contributed by atoms with van der Waals surface area (Å²) in [5.41, 5.74) is 3.57. The molecule has 2 rings (SSSR count). The lowest BCUT2D eigenvalue weighted by Gasteiger charge is -2.33. The van der Waals surface area contributed by atoms with Crippen molar-refractivity contribution >= 4 is 29.5 Å². The molecule has 1 heterocycles. The molecule has 134 valence electrons. The average Bonchev–Trinajstić information content (AvgIpc) is 2.45. The number of ether oxygens (including phenoxy) is 1. The number of carbonyl (C=O) groups is 1. The summed E-state index contributed by atoms with van der Waals surface area (Å²) in [5.74, 6) is 2.90. The van der Waals surface area contributed by atoms with Crippen molar-refractivity contribution in [2.24, 2.45) is 0 Å². The van der Waals surface area contributed by atoms with Crippen LogP contribution in [-0.2, 0) is 15.6 Å². The molecule has 0 amide bonds. The summed E-state index contributed by atoms with van der Waals surface area (Å²) in [7, 11) is 0. The highest BCUT2D eigenvalue weighted by molar-refractivity contribution is 8.16. The highest BCUT2D eigenvalue weighted by Crippen LogP contribution is 2.52. The maximum Gasteiger partial charge on any atom is 0.308 e. The van der Waals surface area contributed by atoms with Gasteiger partial charge in [-0.2, -0.15) is 0 Å². The second-order valence-electron chi connectivity index (χ2n) is 8.42. The molecule has 4 heteroatoms. The van der Waals surface area contributed by atoms with E-state index in [0.29, 0.717) is 4.58 Å². The van der Waals surface area contributed by atoms with Crippen molar-refractivity contribution in [3.05, 3.63) is 28.8 Å². The van der Waals surface area contributed by atoms with Crippen LogP contribution in [0.25, 0.3) is 0 Å². The zero-order valence-electron chi connectivity index (χ0n) is 16.0. The second-order valence-corrected chi connectivity index (χ2v) is 11.1. The highest BCUT2D eigenvalue weighted by Gasteiger charge is 2.33. The van der Waals surface area contributed by atoms with Crippen molar-refractivity contribution in [1.82, 2.24) is 0 Å². The van der Waals surface area contributed by atoms with Crippen molar-refractivity contribution in [2.75, 3.05) is 11.5 Å². The predicted molar refractivity (Wildman–Crippen MR) is 107 cm³/mol. The predicted octanol–water partition coefficient (Wildman–Crippen LogP) is 6.08. The molecule has 0 unspecified atom stereocenters. The Balaban J connectivity index is 2.73. The van der Waals surface area contributed by atoms with Crippen LogP contribution in [0.3, 0.4) is 0 Å². The van der Waals surface area contributed by atoms with E-state index in [4.69, 9.17) is 4.74 Å². The minimum atomic E-state index is -0.237. The van der Waals surface area contributed by atoms with Gasteiger partial charge in [0, 0.05) is 18.1 Å². The summed E-state index contributed by atoms with van der Waals surface area (Å²) in [6.45, 7) is 14.7. The third-order valence-corrected chi connectivity index (χ3v) is 7.06. The van der Waals surface area contributed by atoms with Gasteiger partial charge >= 0.3 is 5.97 Å². The molecule has 0 atom stereocenters. The number of thioether (sulfide) groups is 2. The molecule has 1 aromatic rings. The standard InChI is InChI=1S/C20H30O2S2/c1-13(21)22-17-15(20(5,6)7)10-9-14(19(2,3)4)16(17)18-23-11-8-12-24-18/h9-10,18H,8,11-12H2,1-7H3. The number of hydrogen-bond donors (Lipinski definition) is 0. The van der Waals surface area contributed by atoms with Crippen molar-refractivity contribution in [2.45, 2.75) is 70.3 Å². The normalized spacial score (nSPS) is 17.0. The molecule has 1 aromatic carbocycles. The maximum absolute atomic E-state index is 11.9. The van der Waals surface area contributed by atoms with Gasteiger partial charge in [-0.3, -0.25) is 4.79 Å². The summed E-state index contributed by atoms with van der Waals surface area (Å²) < 4.78 is 6.16. The van der Waals surface area contributed by atoms with Gasteiger partial charge in [-0.25, -0.2) is 0 Å². The molecule has 0 radical (unpaired) electrons. The first-order valence-corrected chi connectivity index (χ1v) is 10.7. The molecular formula is C20H30O2S2. The minimum Gasteiger partial charge on any atom is -0.426 e. The number of carbonyl (C=O) groups excluding carboxylic acids is 1. The lowest BCUT2D eigenvalue weighted by Crippen LogP contribution is -2.22. The van der Waals surface area contributed by atoms with Crippen LogP contribution in [0, 0.1) is 0 Å². The molecular weight excluding hydrogens is 336 g/mol. The number of esters is 1. The van der Waals surface area contributed by atoms with E-state index < -0.39 is 0 Å². The molecule has 0 saturated carbocycles. The smallest absolute Gasteiger partial charge is 0.308 e. The van der Waals surface area contributed by atoms with Gasteiger partial charge < -0.3 is 4.74 Å². The summed E-state index contributed by atoms with van der Waals surface area (Å²) >= 11 is 3.96. The van der Waals surface area contributed by atoms with Crippen LogP contribution in [-0.4, -0.2) is 17.5 Å². The van der Waals surface area contributed by atoms with E-state index in [-0.39, 0.29) is 16.8 Å². The molecule has 0 spiro atoms. The zero-order chi connectivity index (χ0) is 18.1. The van der Waals surface area contributed by atoms with E-state index in [0.717, 1.165) is 11.3 Å². The van der Waals surface area contributed by atoms with E-state index >= 15 is 0 Å². The van der Waals surface area contributed by atoms with Gasteiger partial charge in [-0.05, 0) is 34.3 Å². The average molecular weight is 367 g/mol.